The number of ether oxygens (including phenoxy) is 3. The molecule has 0 radical (unpaired) electrons. The van der Waals surface area contributed by atoms with Crippen molar-refractivity contribution in [1.29, 1.82) is 0 Å². The van der Waals surface area contributed by atoms with E-state index in [2.05, 4.69) is 4.74 Å². The molecule has 1 N–H and O–H groups in total. The number of halogens is 3. The van der Waals surface area contributed by atoms with Crippen LogP contribution in [-0.4, -0.2) is 36.4 Å². The number of nitrogens with zero attached hydrogens (tertiary/aromatic N) is 1. The average molecular weight is 525 g/mol. The van der Waals surface area contributed by atoms with Gasteiger partial charge in [-0.25, -0.2) is 0 Å². The molecule has 5 rings (SSSR count). The number of rotatable bonds is 5. The van der Waals surface area contributed by atoms with Crippen LogP contribution in [0.5, 0.6) is 17.2 Å². The Hall–Kier alpha value is -4.47. The molecule has 3 aromatic rings. The Bertz CT molecular complexity index is 1450. The van der Waals surface area contributed by atoms with Gasteiger partial charge < -0.3 is 19.3 Å². The molecule has 196 valence electrons. The van der Waals surface area contributed by atoms with Crippen molar-refractivity contribution in [2.45, 2.75) is 31.9 Å². The number of carbonyl (C=O) groups excluding carboxylic acids is 2. The van der Waals surface area contributed by atoms with E-state index < -0.39 is 35.6 Å². The minimum Gasteiger partial charge on any atom is -0.507 e. The number of carbonyl (C=O) groups is 2. The molecule has 0 spiro atoms. The van der Waals surface area contributed by atoms with Gasteiger partial charge in [0.15, 0.2) is 0 Å². The molecule has 0 bridgehead atoms. The number of hydrogen-bond donors (Lipinski definition) is 1. The van der Waals surface area contributed by atoms with E-state index in [4.69, 9.17) is 9.47 Å². The number of alkyl halides is 3. The molecule has 0 aromatic heterocycles. The highest BCUT2D eigenvalue weighted by Crippen LogP contribution is 2.44. The first-order chi connectivity index (χ1) is 18.1. The molecule has 0 saturated carbocycles. The Morgan fingerprint density at radius 3 is 2.45 bits per heavy atom. The Morgan fingerprint density at radius 1 is 1.03 bits per heavy atom. The molecule has 10 heteroatoms. The number of hydrogen-bond acceptors (Lipinski definition) is 6. The maximum atomic E-state index is 13.3. The maximum absolute atomic E-state index is 13.3. The van der Waals surface area contributed by atoms with E-state index >= 15 is 0 Å². The van der Waals surface area contributed by atoms with Gasteiger partial charge in [-0.05, 0) is 60.5 Å². The van der Waals surface area contributed by atoms with E-state index in [1.807, 2.05) is 6.92 Å². The average Bonchev–Trinajstić information content (AvgIpc) is 3.38. The summed E-state index contributed by atoms with van der Waals surface area (Å²) in [4.78, 5) is 27.7. The number of Topliss-reactive ketones (excluding diaryl/α,β-unsaturated/α-hetero) is 1. The lowest BCUT2D eigenvalue weighted by Crippen LogP contribution is -2.29. The van der Waals surface area contributed by atoms with Gasteiger partial charge in [-0.1, -0.05) is 18.2 Å². The summed E-state index contributed by atoms with van der Waals surface area (Å²) in [6.07, 6.45) is -4.38. The summed E-state index contributed by atoms with van der Waals surface area (Å²) < 4.78 is 53.5. The van der Waals surface area contributed by atoms with Crippen LogP contribution in [0.4, 0.5) is 18.9 Å². The van der Waals surface area contributed by atoms with E-state index in [1.165, 1.54) is 19.2 Å². The molecule has 2 aliphatic heterocycles. The van der Waals surface area contributed by atoms with Crippen molar-refractivity contribution >= 4 is 23.1 Å². The van der Waals surface area contributed by atoms with Gasteiger partial charge >= 0.3 is 6.36 Å². The normalized spacial score (nSPS) is 20.3. The Kier molecular flexibility index (Phi) is 6.26. The number of aliphatic hydroxyl groups is 1. The number of fused-ring (bicyclic) bond motifs is 1. The molecule has 3 aromatic carbocycles. The van der Waals surface area contributed by atoms with Gasteiger partial charge in [0.1, 0.15) is 29.1 Å². The van der Waals surface area contributed by atoms with Gasteiger partial charge in [0, 0.05) is 23.7 Å². The molecule has 0 aliphatic carbocycles. The third-order valence-electron chi connectivity index (χ3n) is 6.37. The molecule has 1 saturated heterocycles. The first-order valence-corrected chi connectivity index (χ1v) is 11.7. The Labute approximate surface area is 215 Å². The lowest BCUT2D eigenvalue weighted by molar-refractivity contribution is -0.274. The molecule has 1 fully saturated rings. The molecule has 2 heterocycles. The summed E-state index contributed by atoms with van der Waals surface area (Å²) in [6.45, 7) is 1.91. The van der Waals surface area contributed by atoms with E-state index in [0.717, 1.165) is 22.6 Å². The maximum Gasteiger partial charge on any atom is 0.573 e. The Morgan fingerprint density at radius 2 is 1.76 bits per heavy atom. The largest absolute Gasteiger partial charge is 0.573 e. The van der Waals surface area contributed by atoms with Crippen LogP contribution in [0.25, 0.3) is 5.76 Å². The van der Waals surface area contributed by atoms with Crippen LogP contribution in [0, 0.1) is 0 Å². The lowest BCUT2D eigenvalue weighted by Gasteiger charge is -2.26. The fourth-order valence-corrected chi connectivity index (χ4v) is 4.76. The standard InChI is InChI=1S/C28H22F3NO6/c1-15-12-18-13-17(8-11-22(18)37-15)25(33)23-24(16-6-9-20(36-2)10-7-16)32(27(35)26(23)34)19-4-3-5-21(14-19)38-28(29,30)31/h3-11,13-15,24,33H,12H2,1-2H3/b25-23-. The number of benzene rings is 3. The van der Waals surface area contributed by atoms with Crippen LogP contribution in [-0.2, 0) is 16.0 Å². The second-order valence-corrected chi connectivity index (χ2v) is 8.94. The SMILES string of the molecule is COc1ccc(C2/C(=C(/O)c3ccc4c(c3)CC(C)O4)C(=O)C(=O)N2c2cccc(OC(F)(F)F)c2)cc1. The fourth-order valence-electron chi connectivity index (χ4n) is 4.76. The van der Waals surface area contributed by atoms with Crippen LogP contribution in [0.3, 0.4) is 0 Å². The van der Waals surface area contributed by atoms with Crippen LogP contribution in [0.2, 0.25) is 0 Å². The fraction of sp³-hybridized carbons (Fsp3) is 0.214. The summed E-state index contributed by atoms with van der Waals surface area (Å²) in [7, 11) is 1.48. The second-order valence-electron chi connectivity index (χ2n) is 8.94. The molecule has 2 atom stereocenters. The number of ketones is 1. The summed E-state index contributed by atoms with van der Waals surface area (Å²) in [5, 5.41) is 11.4. The topological polar surface area (TPSA) is 85.3 Å². The highest BCUT2D eigenvalue weighted by Gasteiger charge is 2.47. The van der Waals surface area contributed by atoms with E-state index in [-0.39, 0.29) is 17.4 Å². The van der Waals surface area contributed by atoms with Gasteiger partial charge in [-0.3, -0.25) is 14.5 Å². The molecular formula is C28H22F3NO6. The van der Waals surface area contributed by atoms with Crippen molar-refractivity contribution in [1.82, 2.24) is 0 Å². The van der Waals surface area contributed by atoms with Crippen LogP contribution in [0.15, 0.2) is 72.3 Å². The van der Waals surface area contributed by atoms with E-state index in [0.29, 0.717) is 29.0 Å². The van der Waals surface area contributed by atoms with Crippen molar-refractivity contribution in [2.24, 2.45) is 0 Å². The minimum atomic E-state index is -4.95. The van der Waals surface area contributed by atoms with E-state index in [9.17, 15) is 27.9 Å². The van der Waals surface area contributed by atoms with Gasteiger partial charge in [0.2, 0.25) is 0 Å². The van der Waals surface area contributed by atoms with E-state index in [1.54, 1.807) is 42.5 Å². The number of anilines is 1. The smallest absolute Gasteiger partial charge is 0.507 e. The summed E-state index contributed by atoms with van der Waals surface area (Å²) in [6, 6.07) is 15.1. The molecule has 2 aliphatic rings. The quantitative estimate of drug-likeness (QED) is 0.267. The zero-order valence-electron chi connectivity index (χ0n) is 20.3. The van der Waals surface area contributed by atoms with Gasteiger partial charge in [0.05, 0.1) is 18.7 Å². The van der Waals surface area contributed by atoms with Crippen LogP contribution < -0.4 is 19.1 Å². The molecule has 1 amide bonds. The van der Waals surface area contributed by atoms with Crippen LogP contribution >= 0.6 is 0 Å². The third-order valence-corrected chi connectivity index (χ3v) is 6.37. The zero-order valence-corrected chi connectivity index (χ0v) is 20.3. The second kappa shape index (κ2) is 9.44. The van der Waals surface area contributed by atoms with Crippen molar-refractivity contribution in [3.8, 4) is 17.2 Å². The minimum absolute atomic E-state index is 0.00936. The van der Waals surface area contributed by atoms with Gasteiger partial charge in [-0.2, -0.15) is 0 Å². The zero-order chi connectivity index (χ0) is 27.2. The van der Waals surface area contributed by atoms with Crippen molar-refractivity contribution < 1.29 is 42.1 Å². The van der Waals surface area contributed by atoms with Crippen LogP contribution in [0.1, 0.15) is 29.7 Å². The monoisotopic (exact) mass is 525 g/mol. The molecule has 2 unspecified atom stereocenters. The number of aliphatic hydroxyl groups excluding tert-OH is 1. The molecule has 7 nitrogen and oxygen atoms in total. The summed E-state index contributed by atoms with van der Waals surface area (Å²) in [5.74, 6) is -1.76. The van der Waals surface area contributed by atoms with Crippen molar-refractivity contribution in [3.05, 3.63) is 89.0 Å². The van der Waals surface area contributed by atoms with Crippen molar-refractivity contribution in [3.63, 3.8) is 0 Å². The number of methoxy groups -OCH3 is 1. The highest BCUT2D eigenvalue weighted by molar-refractivity contribution is 6.51. The molecular weight excluding hydrogens is 503 g/mol. The molecule has 38 heavy (non-hydrogen) atoms. The third kappa shape index (κ3) is 4.65. The predicted octanol–water partition coefficient (Wildman–Crippen LogP) is 5.54. The summed E-state index contributed by atoms with van der Waals surface area (Å²) >= 11 is 0. The highest BCUT2D eigenvalue weighted by atomic mass is 19.4. The predicted molar refractivity (Wildman–Crippen MR) is 131 cm³/mol. The lowest BCUT2D eigenvalue weighted by atomic mass is 9.94. The number of amides is 1. The Balaban J connectivity index is 1.65. The first-order valence-electron chi connectivity index (χ1n) is 11.7. The first kappa shape index (κ1) is 25.2. The summed E-state index contributed by atoms with van der Waals surface area (Å²) in [5.41, 5.74) is 1.38. The van der Waals surface area contributed by atoms with Gasteiger partial charge in [0.25, 0.3) is 11.7 Å². The van der Waals surface area contributed by atoms with Crippen molar-refractivity contribution in [2.75, 3.05) is 12.0 Å². The van der Waals surface area contributed by atoms with Gasteiger partial charge in [-0.15, -0.1) is 13.2 Å².